The standard InChI is InChI=1S/C24H38N6O6S/c1-37-12-10-17(22(33)29-18(24(35)36)9-5-6-11-25)28-23(34)19(14-20(27)31)30-21(32)16(26)13-15-7-3-2-4-8-15/h2-4,7-8,16-19H,5-6,9-14,25-26H2,1H3,(H2,27,31)(H,28,34)(H,29,33)(H,30,32)(H,35,36). The molecule has 0 fully saturated rings. The van der Waals surface area contributed by atoms with Crippen LogP contribution in [0.1, 0.15) is 37.7 Å². The zero-order valence-electron chi connectivity index (χ0n) is 21.0. The van der Waals surface area contributed by atoms with Crippen molar-refractivity contribution in [2.75, 3.05) is 18.6 Å². The number of thioether (sulfide) groups is 1. The molecule has 1 rings (SSSR count). The van der Waals surface area contributed by atoms with Crippen LogP contribution in [0.15, 0.2) is 30.3 Å². The first-order valence-corrected chi connectivity index (χ1v) is 13.4. The monoisotopic (exact) mass is 538 g/mol. The average molecular weight is 539 g/mol. The van der Waals surface area contributed by atoms with Crippen LogP contribution in [0, 0.1) is 0 Å². The highest BCUT2D eigenvalue weighted by Crippen LogP contribution is 2.07. The Labute approximate surface area is 220 Å². The van der Waals surface area contributed by atoms with Gasteiger partial charge in [0.2, 0.25) is 23.6 Å². The summed E-state index contributed by atoms with van der Waals surface area (Å²) in [4.78, 5) is 61.7. The van der Waals surface area contributed by atoms with Crippen molar-refractivity contribution in [1.82, 2.24) is 16.0 Å². The molecule has 0 saturated carbocycles. The van der Waals surface area contributed by atoms with Crippen LogP contribution in [0.25, 0.3) is 0 Å². The van der Waals surface area contributed by atoms with Crippen LogP contribution < -0.4 is 33.2 Å². The van der Waals surface area contributed by atoms with Gasteiger partial charge in [-0.25, -0.2) is 4.79 Å². The van der Waals surface area contributed by atoms with Crippen LogP contribution in [-0.4, -0.2) is 77.4 Å². The molecule has 0 heterocycles. The van der Waals surface area contributed by atoms with E-state index in [4.69, 9.17) is 17.2 Å². The Balaban J connectivity index is 2.92. The number of aliphatic carboxylic acids is 1. The lowest BCUT2D eigenvalue weighted by atomic mass is 10.0. The maximum atomic E-state index is 13.0. The SMILES string of the molecule is CSCCC(NC(=O)C(CC(N)=O)NC(=O)C(N)Cc1ccccc1)C(=O)NC(CCCCN)C(=O)O. The fourth-order valence-corrected chi connectivity index (χ4v) is 3.92. The lowest BCUT2D eigenvalue weighted by Gasteiger charge is -2.25. The first-order chi connectivity index (χ1) is 17.6. The number of unbranched alkanes of at least 4 members (excludes halogenated alkanes) is 1. The van der Waals surface area contributed by atoms with E-state index >= 15 is 0 Å². The molecule has 12 nitrogen and oxygen atoms in total. The molecule has 37 heavy (non-hydrogen) atoms. The first-order valence-electron chi connectivity index (χ1n) is 12.0. The third kappa shape index (κ3) is 12.6. The predicted octanol–water partition coefficient (Wildman–Crippen LogP) is -1.15. The number of primary amides is 1. The average Bonchev–Trinajstić information content (AvgIpc) is 2.85. The van der Waals surface area contributed by atoms with Gasteiger partial charge in [0, 0.05) is 0 Å². The minimum Gasteiger partial charge on any atom is -0.480 e. The van der Waals surface area contributed by atoms with E-state index in [0.29, 0.717) is 25.1 Å². The van der Waals surface area contributed by atoms with Crippen molar-refractivity contribution in [2.24, 2.45) is 17.2 Å². The first kappa shape index (κ1) is 31.9. The van der Waals surface area contributed by atoms with Crippen molar-refractivity contribution in [1.29, 1.82) is 0 Å². The Morgan fingerprint density at radius 3 is 2.05 bits per heavy atom. The fourth-order valence-electron chi connectivity index (χ4n) is 3.45. The lowest BCUT2D eigenvalue weighted by Crippen LogP contribution is -2.58. The van der Waals surface area contributed by atoms with Gasteiger partial charge < -0.3 is 38.3 Å². The summed E-state index contributed by atoms with van der Waals surface area (Å²) in [7, 11) is 0. The van der Waals surface area contributed by atoms with Crippen LogP contribution in [0.2, 0.25) is 0 Å². The van der Waals surface area contributed by atoms with Crippen LogP contribution in [-0.2, 0) is 30.4 Å². The molecule has 0 aliphatic heterocycles. The third-order valence-corrected chi connectivity index (χ3v) is 6.12. The van der Waals surface area contributed by atoms with Crippen molar-refractivity contribution in [3.63, 3.8) is 0 Å². The second kappa shape index (κ2) is 17.3. The summed E-state index contributed by atoms with van der Waals surface area (Å²) in [6.07, 6.45) is 2.99. The third-order valence-electron chi connectivity index (χ3n) is 5.48. The van der Waals surface area contributed by atoms with E-state index in [1.807, 2.05) is 12.3 Å². The van der Waals surface area contributed by atoms with Crippen molar-refractivity contribution < 1.29 is 29.1 Å². The van der Waals surface area contributed by atoms with E-state index in [-0.39, 0.29) is 19.3 Å². The summed E-state index contributed by atoms with van der Waals surface area (Å²) < 4.78 is 0. The molecular weight excluding hydrogens is 500 g/mol. The maximum absolute atomic E-state index is 13.0. The largest absolute Gasteiger partial charge is 0.480 e. The van der Waals surface area contributed by atoms with Gasteiger partial charge in [-0.1, -0.05) is 30.3 Å². The number of hydrogen-bond acceptors (Lipinski definition) is 8. The Morgan fingerprint density at radius 1 is 0.892 bits per heavy atom. The molecule has 1 aromatic rings. The van der Waals surface area contributed by atoms with Crippen molar-refractivity contribution in [3.8, 4) is 0 Å². The Hall–Kier alpha value is -3.16. The lowest BCUT2D eigenvalue weighted by molar-refractivity contribution is -0.142. The van der Waals surface area contributed by atoms with Crippen LogP contribution >= 0.6 is 11.8 Å². The van der Waals surface area contributed by atoms with Crippen LogP contribution in [0.5, 0.6) is 0 Å². The number of hydrogen-bond donors (Lipinski definition) is 7. The molecule has 0 aliphatic rings. The molecule has 206 valence electrons. The number of benzene rings is 1. The van der Waals surface area contributed by atoms with Crippen molar-refractivity contribution in [3.05, 3.63) is 35.9 Å². The van der Waals surface area contributed by atoms with E-state index in [1.54, 1.807) is 24.3 Å². The molecule has 0 saturated heterocycles. The van der Waals surface area contributed by atoms with Gasteiger partial charge in [0.25, 0.3) is 0 Å². The van der Waals surface area contributed by atoms with E-state index < -0.39 is 60.2 Å². The summed E-state index contributed by atoms with van der Waals surface area (Å²) in [6, 6.07) is 4.43. The van der Waals surface area contributed by atoms with Gasteiger partial charge in [0.15, 0.2) is 0 Å². The normalized spacial score (nSPS) is 14.0. The molecule has 10 N–H and O–H groups in total. The number of amides is 4. The van der Waals surface area contributed by atoms with Gasteiger partial charge in [-0.3, -0.25) is 19.2 Å². The molecule has 4 atom stereocenters. The van der Waals surface area contributed by atoms with Crippen LogP contribution in [0.3, 0.4) is 0 Å². The Bertz CT molecular complexity index is 903. The highest BCUT2D eigenvalue weighted by molar-refractivity contribution is 7.98. The summed E-state index contributed by atoms with van der Waals surface area (Å²) in [5, 5.41) is 16.9. The van der Waals surface area contributed by atoms with Gasteiger partial charge >= 0.3 is 5.97 Å². The van der Waals surface area contributed by atoms with Gasteiger partial charge in [-0.2, -0.15) is 11.8 Å². The highest BCUT2D eigenvalue weighted by atomic mass is 32.2. The minimum absolute atomic E-state index is 0.182. The Morgan fingerprint density at radius 2 is 1.49 bits per heavy atom. The topological polar surface area (TPSA) is 220 Å². The second-order valence-corrected chi connectivity index (χ2v) is 9.54. The molecule has 4 amide bonds. The van der Waals surface area contributed by atoms with E-state index in [1.165, 1.54) is 11.8 Å². The second-order valence-electron chi connectivity index (χ2n) is 8.55. The maximum Gasteiger partial charge on any atom is 0.326 e. The zero-order chi connectivity index (χ0) is 27.8. The molecule has 0 aromatic heterocycles. The number of nitrogens with one attached hydrogen (secondary N) is 3. The Kier molecular flexibility index (Phi) is 14.9. The fraction of sp³-hybridized carbons (Fsp3) is 0.542. The molecule has 0 radical (unpaired) electrons. The molecule has 0 spiro atoms. The summed E-state index contributed by atoms with van der Waals surface area (Å²) in [6.45, 7) is 0.397. The van der Waals surface area contributed by atoms with Crippen molar-refractivity contribution >= 4 is 41.4 Å². The number of rotatable bonds is 18. The number of carboxylic acid groups (broad SMARTS) is 1. The highest BCUT2D eigenvalue weighted by Gasteiger charge is 2.31. The summed E-state index contributed by atoms with van der Waals surface area (Å²) in [5.41, 5.74) is 17.5. The number of nitrogens with two attached hydrogens (primary N) is 3. The zero-order valence-corrected chi connectivity index (χ0v) is 21.8. The molecule has 13 heteroatoms. The van der Waals surface area contributed by atoms with Crippen molar-refractivity contribution in [2.45, 2.75) is 62.7 Å². The molecule has 4 unspecified atom stereocenters. The summed E-state index contributed by atoms with van der Waals surface area (Å²) in [5.74, 6) is -3.72. The van der Waals surface area contributed by atoms with Gasteiger partial charge in [-0.05, 0) is 56.2 Å². The number of carboxylic acids is 1. The number of carbonyl (C=O) groups is 5. The number of carbonyl (C=O) groups excluding carboxylic acids is 4. The smallest absolute Gasteiger partial charge is 0.326 e. The molecule has 0 bridgehead atoms. The van der Waals surface area contributed by atoms with E-state index in [9.17, 15) is 29.1 Å². The quantitative estimate of drug-likeness (QED) is 0.112. The molecule has 0 aliphatic carbocycles. The predicted molar refractivity (Wildman–Crippen MR) is 141 cm³/mol. The van der Waals surface area contributed by atoms with Gasteiger partial charge in [0.05, 0.1) is 12.5 Å². The minimum atomic E-state index is -1.36. The van der Waals surface area contributed by atoms with E-state index in [0.717, 1.165) is 5.56 Å². The van der Waals surface area contributed by atoms with E-state index in [2.05, 4.69) is 16.0 Å². The molecule has 1 aromatic carbocycles. The van der Waals surface area contributed by atoms with Gasteiger partial charge in [0.1, 0.15) is 18.1 Å². The molecular formula is C24H38N6O6S. The van der Waals surface area contributed by atoms with Gasteiger partial charge in [-0.15, -0.1) is 0 Å². The summed E-state index contributed by atoms with van der Waals surface area (Å²) >= 11 is 1.43. The van der Waals surface area contributed by atoms with Crippen LogP contribution in [0.4, 0.5) is 0 Å².